The maximum Gasteiger partial charge on any atom is 0.416 e. The first-order valence-corrected chi connectivity index (χ1v) is 4.49. The Bertz CT molecular complexity index is 434. The van der Waals surface area contributed by atoms with Gasteiger partial charge in [0, 0.05) is 12.1 Å². The van der Waals surface area contributed by atoms with Crippen LogP contribution in [0.2, 0.25) is 0 Å². The van der Waals surface area contributed by atoms with Crippen LogP contribution in [0, 0.1) is 10.1 Å². The number of rotatable bonds is 3. The minimum absolute atomic E-state index is 0.370. The summed E-state index contributed by atoms with van der Waals surface area (Å²) >= 11 is 0. The van der Waals surface area contributed by atoms with Gasteiger partial charge in [0.1, 0.15) is 0 Å². The van der Waals surface area contributed by atoms with Gasteiger partial charge in [0.05, 0.1) is 23.1 Å². The molecule has 1 aromatic carbocycles. The molecule has 1 rings (SSSR count). The highest BCUT2D eigenvalue weighted by molar-refractivity contribution is 5.42. The molecule has 0 bridgehead atoms. The minimum Gasteiger partial charge on any atom is -0.394 e. The molecular formula is C9H9F3N2O3. The Morgan fingerprint density at radius 2 is 2.06 bits per heavy atom. The lowest BCUT2D eigenvalue weighted by Gasteiger charge is -2.16. The van der Waals surface area contributed by atoms with Crippen LogP contribution in [0.4, 0.5) is 18.9 Å². The third-order valence-electron chi connectivity index (χ3n) is 2.15. The van der Waals surface area contributed by atoms with Crippen molar-refractivity contribution in [1.82, 2.24) is 0 Å². The van der Waals surface area contributed by atoms with Crippen LogP contribution in [0.5, 0.6) is 0 Å². The van der Waals surface area contributed by atoms with Gasteiger partial charge in [-0.25, -0.2) is 0 Å². The minimum atomic E-state index is -4.76. The Labute approximate surface area is 93.8 Å². The van der Waals surface area contributed by atoms with E-state index in [2.05, 4.69) is 0 Å². The van der Waals surface area contributed by atoms with E-state index in [9.17, 15) is 23.3 Å². The summed E-state index contributed by atoms with van der Waals surface area (Å²) in [6.45, 7) is -0.680. The Balaban J connectivity index is 3.37. The zero-order valence-electron chi connectivity index (χ0n) is 8.44. The predicted octanol–water partition coefficient (Wildman–Crippen LogP) is 1.61. The largest absolute Gasteiger partial charge is 0.416 e. The molecule has 17 heavy (non-hydrogen) atoms. The fraction of sp³-hybridized carbons (Fsp3) is 0.333. The Morgan fingerprint density at radius 3 is 2.47 bits per heavy atom. The van der Waals surface area contributed by atoms with Crippen molar-refractivity contribution in [1.29, 1.82) is 0 Å². The van der Waals surface area contributed by atoms with Crippen molar-refractivity contribution in [2.75, 3.05) is 6.61 Å². The van der Waals surface area contributed by atoms with E-state index in [0.29, 0.717) is 6.07 Å². The molecule has 0 unspecified atom stereocenters. The Hall–Kier alpha value is -1.67. The average molecular weight is 250 g/mol. The maximum absolute atomic E-state index is 12.6. The molecule has 0 aliphatic heterocycles. The van der Waals surface area contributed by atoms with Crippen LogP contribution in [0.25, 0.3) is 0 Å². The topological polar surface area (TPSA) is 89.4 Å². The second kappa shape index (κ2) is 4.68. The molecule has 0 heterocycles. The van der Waals surface area contributed by atoms with Gasteiger partial charge in [-0.05, 0) is 11.6 Å². The molecule has 0 saturated carbocycles. The number of benzene rings is 1. The first-order valence-electron chi connectivity index (χ1n) is 4.49. The number of nitro groups is 1. The summed E-state index contributed by atoms with van der Waals surface area (Å²) in [5.41, 5.74) is 3.05. The molecule has 0 saturated heterocycles. The van der Waals surface area contributed by atoms with Crippen molar-refractivity contribution in [3.8, 4) is 0 Å². The van der Waals surface area contributed by atoms with Crippen molar-refractivity contribution in [2.45, 2.75) is 12.2 Å². The monoisotopic (exact) mass is 250 g/mol. The van der Waals surface area contributed by atoms with E-state index in [4.69, 9.17) is 10.8 Å². The first-order chi connectivity index (χ1) is 7.77. The van der Waals surface area contributed by atoms with E-state index < -0.39 is 35.0 Å². The first kappa shape index (κ1) is 13.4. The van der Waals surface area contributed by atoms with Crippen LogP contribution in [0.1, 0.15) is 17.2 Å². The second-order valence-corrected chi connectivity index (χ2v) is 3.32. The molecule has 0 radical (unpaired) electrons. The number of hydrogen-bond donors (Lipinski definition) is 2. The zero-order valence-corrected chi connectivity index (χ0v) is 8.44. The summed E-state index contributed by atoms with van der Waals surface area (Å²) in [6, 6.07) is 1.000. The summed E-state index contributed by atoms with van der Waals surface area (Å²) in [5, 5.41) is 19.1. The van der Waals surface area contributed by atoms with E-state index >= 15 is 0 Å². The maximum atomic E-state index is 12.6. The van der Waals surface area contributed by atoms with Crippen molar-refractivity contribution < 1.29 is 23.2 Å². The van der Waals surface area contributed by atoms with Crippen LogP contribution in [-0.2, 0) is 6.18 Å². The Morgan fingerprint density at radius 1 is 1.47 bits per heavy atom. The molecule has 94 valence electrons. The molecule has 1 aromatic rings. The smallest absolute Gasteiger partial charge is 0.394 e. The number of aliphatic hydroxyl groups excluding tert-OH is 1. The van der Waals surface area contributed by atoms with E-state index in [1.807, 2.05) is 0 Å². The van der Waals surface area contributed by atoms with Crippen LogP contribution < -0.4 is 5.73 Å². The Kier molecular flexibility index (Phi) is 3.69. The molecule has 0 spiro atoms. The molecular weight excluding hydrogens is 241 g/mol. The van der Waals surface area contributed by atoms with E-state index in [-0.39, 0.29) is 5.56 Å². The SMILES string of the molecule is N[C@@H](CO)c1ccc([N+](=O)[O-])cc1C(F)(F)F. The van der Waals surface area contributed by atoms with E-state index in [1.165, 1.54) is 0 Å². The van der Waals surface area contributed by atoms with Gasteiger partial charge in [0.2, 0.25) is 0 Å². The number of alkyl halides is 3. The van der Waals surface area contributed by atoms with Gasteiger partial charge in [-0.3, -0.25) is 10.1 Å². The van der Waals surface area contributed by atoms with E-state index in [1.54, 1.807) is 0 Å². The van der Waals surface area contributed by atoms with Crippen LogP contribution in [0.3, 0.4) is 0 Å². The van der Waals surface area contributed by atoms with Crippen molar-refractivity contribution >= 4 is 5.69 Å². The van der Waals surface area contributed by atoms with Gasteiger partial charge in [-0.2, -0.15) is 13.2 Å². The highest BCUT2D eigenvalue weighted by Crippen LogP contribution is 2.36. The summed E-state index contributed by atoms with van der Waals surface area (Å²) in [6.07, 6.45) is -4.76. The third-order valence-corrected chi connectivity index (χ3v) is 2.15. The summed E-state index contributed by atoms with van der Waals surface area (Å²) < 4.78 is 37.9. The molecule has 0 fully saturated rings. The molecule has 0 amide bonds. The molecule has 1 atom stereocenters. The predicted molar refractivity (Wildman–Crippen MR) is 52.1 cm³/mol. The lowest BCUT2D eigenvalue weighted by atomic mass is 10.00. The molecule has 5 nitrogen and oxygen atoms in total. The fourth-order valence-electron chi connectivity index (χ4n) is 1.33. The third kappa shape index (κ3) is 2.92. The number of hydrogen-bond acceptors (Lipinski definition) is 4. The second-order valence-electron chi connectivity index (χ2n) is 3.32. The quantitative estimate of drug-likeness (QED) is 0.629. The van der Waals surface area contributed by atoms with Gasteiger partial charge in [-0.1, -0.05) is 0 Å². The standard InChI is InChI=1S/C9H9F3N2O3/c10-9(11,12)7-3-5(14(16)17)1-2-6(7)8(13)4-15/h1-3,8,15H,4,13H2/t8-/m0/s1. The summed E-state index contributed by atoms with van der Waals surface area (Å²) in [5.74, 6) is 0. The number of halogens is 3. The molecule has 0 aliphatic rings. The summed E-state index contributed by atoms with van der Waals surface area (Å²) in [7, 11) is 0. The normalized spacial score (nSPS) is 13.5. The summed E-state index contributed by atoms with van der Waals surface area (Å²) in [4.78, 5) is 9.46. The molecule has 8 heteroatoms. The van der Waals surface area contributed by atoms with Crippen molar-refractivity contribution in [3.05, 3.63) is 39.4 Å². The van der Waals surface area contributed by atoms with Crippen LogP contribution >= 0.6 is 0 Å². The van der Waals surface area contributed by atoms with Crippen LogP contribution in [0.15, 0.2) is 18.2 Å². The van der Waals surface area contributed by atoms with Gasteiger partial charge in [0.15, 0.2) is 0 Å². The van der Waals surface area contributed by atoms with Gasteiger partial charge in [-0.15, -0.1) is 0 Å². The number of non-ortho nitro benzene ring substituents is 1. The number of nitro benzene ring substituents is 1. The van der Waals surface area contributed by atoms with Crippen molar-refractivity contribution in [3.63, 3.8) is 0 Å². The van der Waals surface area contributed by atoms with Gasteiger partial charge < -0.3 is 10.8 Å². The lowest BCUT2D eigenvalue weighted by molar-refractivity contribution is -0.385. The number of nitrogens with two attached hydrogens (primary N) is 1. The molecule has 3 N–H and O–H groups in total. The molecule has 0 aromatic heterocycles. The fourth-order valence-corrected chi connectivity index (χ4v) is 1.33. The zero-order chi connectivity index (χ0) is 13.2. The van der Waals surface area contributed by atoms with Crippen LogP contribution in [-0.4, -0.2) is 16.6 Å². The lowest BCUT2D eigenvalue weighted by Crippen LogP contribution is -2.20. The number of aliphatic hydroxyl groups is 1. The van der Waals surface area contributed by atoms with E-state index in [0.717, 1.165) is 12.1 Å². The van der Waals surface area contributed by atoms with Gasteiger partial charge in [0.25, 0.3) is 5.69 Å². The number of nitrogens with zero attached hydrogens (tertiary/aromatic N) is 1. The van der Waals surface area contributed by atoms with Crippen molar-refractivity contribution in [2.24, 2.45) is 5.73 Å². The highest BCUT2D eigenvalue weighted by Gasteiger charge is 2.36. The molecule has 0 aliphatic carbocycles. The average Bonchev–Trinajstić information content (AvgIpc) is 2.26. The van der Waals surface area contributed by atoms with Gasteiger partial charge >= 0.3 is 6.18 Å². The highest BCUT2D eigenvalue weighted by atomic mass is 19.4.